The molecule has 0 unspecified atom stereocenters. The molecule has 4 N–H and O–H groups in total. The molecule has 0 fully saturated rings. The Kier molecular flexibility index (Phi) is 6.72. The lowest BCUT2D eigenvalue weighted by Crippen LogP contribution is -2.46. The Morgan fingerprint density at radius 1 is 1.22 bits per heavy atom. The molecule has 124 valence electrons. The van der Waals surface area contributed by atoms with Crippen molar-refractivity contribution >= 4 is 29.4 Å². The molecule has 0 aliphatic rings. The van der Waals surface area contributed by atoms with Gasteiger partial charge in [0.2, 0.25) is 11.8 Å². The van der Waals surface area contributed by atoms with Gasteiger partial charge in [0.25, 0.3) is 5.91 Å². The molecule has 0 bridgehead atoms. The summed E-state index contributed by atoms with van der Waals surface area (Å²) in [7, 11) is 0. The number of hydrogen-bond acceptors (Lipinski definition) is 5. The Bertz CT molecular complexity index is 615. The Balaban J connectivity index is 2.89. The van der Waals surface area contributed by atoms with Crippen molar-refractivity contribution in [1.82, 2.24) is 5.32 Å². The molecular weight excluding hydrogens is 302 g/mol. The highest BCUT2D eigenvalue weighted by Crippen LogP contribution is 2.15. The first-order valence-electron chi connectivity index (χ1n) is 6.97. The number of rotatable bonds is 7. The largest absolute Gasteiger partial charge is 0.466 e. The van der Waals surface area contributed by atoms with E-state index >= 15 is 0 Å². The molecule has 1 rings (SSSR count). The Hall–Kier alpha value is -2.90. The van der Waals surface area contributed by atoms with Crippen LogP contribution in [0.2, 0.25) is 0 Å². The number of amides is 3. The minimum atomic E-state index is -1.20. The monoisotopic (exact) mass is 321 g/mol. The van der Waals surface area contributed by atoms with Crippen molar-refractivity contribution in [1.29, 1.82) is 0 Å². The number of para-hydroxylation sites is 1. The van der Waals surface area contributed by atoms with E-state index < -0.39 is 23.8 Å². The molecule has 1 atom stereocenters. The molecule has 1 aromatic carbocycles. The lowest BCUT2D eigenvalue weighted by molar-refractivity contribution is -0.145. The van der Waals surface area contributed by atoms with E-state index in [1.165, 1.54) is 13.0 Å². The summed E-state index contributed by atoms with van der Waals surface area (Å²) in [5.41, 5.74) is 5.63. The number of hydrogen-bond donors (Lipinski definition) is 3. The van der Waals surface area contributed by atoms with Gasteiger partial charge >= 0.3 is 5.97 Å². The lowest BCUT2D eigenvalue weighted by atomic mass is 10.1. The van der Waals surface area contributed by atoms with Crippen LogP contribution in [0.25, 0.3) is 0 Å². The SMILES string of the molecule is CCOC(=O)C[C@@H](NC(=O)c1ccccc1NC(C)=O)C(N)=O. The zero-order valence-electron chi connectivity index (χ0n) is 12.9. The Labute approximate surface area is 133 Å². The molecular formula is C15H19N3O5. The van der Waals surface area contributed by atoms with Gasteiger partial charge in [-0.1, -0.05) is 12.1 Å². The summed E-state index contributed by atoms with van der Waals surface area (Å²) in [6, 6.07) is 5.06. The Morgan fingerprint density at radius 3 is 2.43 bits per heavy atom. The third-order valence-corrected chi connectivity index (χ3v) is 2.81. The number of anilines is 1. The van der Waals surface area contributed by atoms with Gasteiger partial charge < -0.3 is 21.1 Å². The molecule has 1 aromatic rings. The van der Waals surface area contributed by atoms with Gasteiger partial charge in [-0.2, -0.15) is 0 Å². The van der Waals surface area contributed by atoms with Crippen LogP contribution in [0.5, 0.6) is 0 Å². The second kappa shape index (κ2) is 8.52. The quantitative estimate of drug-likeness (QED) is 0.617. The number of nitrogens with one attached hydrogen (secondary N) is 2. The van der Waals surface area contributed by atoms with Crippen molar-refractivity contribution in [2.24, 2.45) is 5.73 Å². The van der Waals surface area contributed by atoms with Crippen LogP contribution in [0.1, 0.15) is 30.6 Å². The molecule has 0 aliphatic carbocycles. The smallest absolute Gasteiger partial charge is 0.308 e. The highest BCUT2D eigenvalue weighted by atomic mass is 16.5. The summed E-state index contributed by atoms with van der Waals surface area (Å²) < 4.78 is 4.73. The first-order valence-corrected chi connectivity index (χ1v) is 6.97. The summed E-state index contributed by atoms with van der Waals surface area (Å²) >= 11 is 0. The first-order chi connectivity index (χ1) is 10.8. The van der Waals surface area contributed by atoms with E-state index in [4.69, 9.17) is 10.5 Å². The highest BCUT2D eigenvalue weighted by Gasteiger charge is 2.24. The predicted molar refractivity (Wildman–Crippen MR) is 82.4 cm³/mol. The van der Waals surface area contributed by atoms with Crippen LogP contribution in [-0.4, -0.2) is 36.3 Å². The van der Waals surface area contributed by atoms with E-state index in [-0.39, 0.29) is 30.2 Å². The molecule has 0 heterocycles. The molecule has 0 aromatic heterocycles. The van der Waals surface area contributed by atoms with Crippen LogP contribution in [0.3, 0.4) is 0 Å². The standard InChI is InChI=1S/C15H19N3O5/c1-3-23-13(20)8-12(14(16)21)18-15(22)10-6-4-5-7-11(10)17-9(2)19/h4-7,12H,3,8H2,1-2H3,(H2,16,21)(H,17,19)(H,18,22)/t12-/m1/s1. The maximum Gasteiger partial charge on any atom is 0.308 e. The zero-order valence-corrected chi connectivity index (χ0v) is 12.9. The number of primary amides is 1. The van der Waals surface area contributed by atoms with Crippen LogP contribution in [0, 0.1) is 0 Å². The molecule has 0 saturated heterocycles. The number of esters is 1. The summed E-state index contributed by atoms with van der Waals surface area (Å²) in [6.07, 6.45) is -0.364. The molecule has 8 heteroatoms. The van der Waals surface area contributed by atoms with E-state index in [0.29, 0.717) is 0 Å². The average molecular weight is 321 g/mol. The minimum Gasteiger partial charge on any atom is -0.466 e. The molecule has 8 nitrogen and oxygen atoms in total. The fourth-order valence-corrected chi connectivity index (χ4v) is 1.83. The average Bonchev–Trinajstić information content (AvgIpc) is 2.46. The summed E-state index contributed by atoms with van der Waals surface area (Å²) in [4.78, 5) is 46.3. The van der Waals surface area contributed by atoms with E-state index in [9.17, 15) is 19.2 Å². The van der Waals surface area contributed by atoms with Crippen LogP contribution < -0.4 is 16.4 Å². The fraction of sp³-hybridized carbons (Fsp3) is 0.333. The van der Waals surface area contributed by atoms with Crippen molar-refractivity contribution in [2.75, 3.05) is 11.9 Å². The van der Waals surface area contributed by atoms with Crippen LogP contribution >= 0.6 is 0 Å². The van der Waals surface area contributed by atoms with Crippen molar-refractivity contribution in [3.05, 3.63) is 29.8 Å². The number of benzene rings is 1. The van der Waals surface area contributed by atoms with Crippen molar-refractivity contribution in [3.63, 3.8) is 0 Å². The summed E-state index contributed by atoms with van der Waals surface area (Å²) in [5.74, 6) is -2.49. The van der Waals surface area contributed by atoms with E-state index in [1.807, 2.05) is 0 Å². The molecule has 0 saturated carbocycles. The first kappa shape index (κ1) is 18.1. The van der Waals surface area contributed by atoms with Gasteiger partial charge in [-0.05, 0) is 19.1 Å². The van der Waals surface area contributed by atoms with Gasteiger partial charge in [0.05, 0.1) is 24.3 Å². The third-order valence-electron chi connectivity index (χ3n) is 2.81. The maximum absolute atomic E-state index is 12.3. The van der Waals surface area contributed by atoms with Gasteiger partial charge in [0, 0.05) is 6.92 Å². The predicted octanol–water partition coefficient (Wildman–Crippen LogP) is 0.182. The molecule has 0 aliphatic heterocycles. The topological polar surface area (TPSA) is 128 Å². The van der Waals surface area contributed by atoms with Crippen LogP contribution in [-0.2, 0) is 19.1 Å². The number of carbonyl (C=O) groups is 4. The molecule has 0 spiro atoms. The Morgan fingerprint density at radius 2 is 1.87 bits per heavy atom. The second-order valence-corrected chi connectivity index (χ2v) is 4.66. The van der Waals surface area contributed by atoms with Gasteiger partial charge in [-0.15, -0.1) is 0 Å². The number of ether oxygens (including phenoxy) is 1. The summed E-state index contributed by atoms with van der Waals surface area (Å²) in [6.45, 7) is 3.09. The van der Waals surface area contributed by atoms with Crippen molar-refractivity contribution in [3.8, 4) is 0 Å². The fourth-order valence-electron chi connectivity index (χ4n) is 1.83. The third kappa shape index (κ3) is 5.77. The van der Waals surface area contributed by atoms with Gasteiger partial charge in [0.1, 0.15) is 6.04 Å². The molecule has 23 heavy (non-hydrogen) atoms. The van der Waals surface area contributed by atoms with E-state index in [0.717, 1.165) is 0 Å². The van der Waals surface area contributed by atoms with E-state index in [2.05, 4.69) is 10.6 Å². The van der Waals surface area contributed by atoms with Crippen molar-refractivity contribution < 1.29 is 23.9 Å². The normalized spacial score (nSPS) is 11.2. The number of nitrogens with two attached hydrogens (primary N) is 1. The second-order valence-electron chi connectivity index (χ2n) is 4.66. The van der Waals surface area contributed by atoms with E-state index in [1.54, 1.807) is 25.1 Å². The van der Waals surface area contributed by atoms with Crippen LogP contribution in [0.15, 0.2) is 24.3 Å². The highest BCUT2D eigenvalue weighted by molar-refractivity contribution is 6.05. The molecule has 3 amide bonds. The molecule has 0 radical (unpaired) electrons. The van der Waals surface area contributed by atoms with Gasteiger partial charge in [-0.3, -0.25) is 19.2 Å². The van der Waals surface area contributed by atoms with Gasteiger partial charge in [-0.25, -0.2) is 0 Å². The van der Waals surface area contributed by atoms with Crippen molar-refractivity contribution in [2.45, 2.75) is 26.3 Å². The summed E-state index contributed by atoms with van der Waals surface area (Å²) in [5, 5.41) is 4.88. The minimum absolute atomic E-state index is 0.151. The van der Waals surface area contributed by atoms with Gasteiger partial charge in [0.15, 0.2) is 0 Å². The maximum atomic E-state index is 12.3. The number of carbonyl (C=O) groups excluding carboxylic acids is 4. The lowest BCUT2D eigenvalue weighted by Gasteiger charge is -2.16. The van der Waals surface area contributed by atoms with Crippen LogP contribution in [0.4, 0.5) is 5.69 Å². The zero-order chi connectivity index (χ0) is 17.4.